The van der Waals surface area contributed by atoms with Crippen molar-refractivity contribution in [1.82, 2.24) is 19.8 Å². The fraction of sp³-hybridized carbons (Fsp3) is 0.333. The number of rotatable bonds is 4. The summed E-state index contributed by atoms with van der Waals surface area (Å²) in [6, 6.07) is 7.83. The minimum Gasteiger partial charge on any atom is -0.349 e. The Balaban J connectivity index is 1.98. The lowest BCUT2D eigenvalue weighted by Gasteiger charge is -2.22. The van der Waals surface area contributed by atoms with Gasteiger partial charge in [0.15, 0.2) is 5.96 Å². The topological polar surface area (TPSA) is 45.5 Å². The average molecular weight is 306 g/mol. The molecule has 0 amide bonds. The predicted molar refractivity (Wildman–Crippen MR) is 86.3 cm³/mol. The molecule has 0 fully saturated rings. The van der Waals surface area contributed by atoms with Crippen molar-refractivity contribution in [3.05, 3.63) is 53.1 Å². The Bertz CT molecular complexity index is 620. The van der Waals surface area contributed by atoms with Crippen LogP contribution < -0.4 is 5.32 Å². The van der Waals surface area contributed by atoms with E-state index in [1.807, 2.05) is 54.0 Å². The highest BCUT2D eigenvalue weighted by Gasteiger charge is 2.09. The molecule has 2 aromatic rings. The number of aliphatic imine (C=N–C) groups is 1. The van der Waals surface area contributed by atoms with E-state index in [-0.39, 0.29) is 0 Å². The van der Waals surface area contributed by atoms with Crippen molar-refractivity contribution in [3.8, 4) is 0 Å². The first-order valence-corrected chi connectivity index (χ1v) is 7.11. The van der Waals surface area contributed by atoms with Gasteiger partial charge in [-0.15, -0.1) is 0 Å². The highest BCUT2D eigenvalue weighted by atomic mass is 35.5. The van der Waals surface area contributed by atoms with Gasteiger partial charge >= 0.3 is 0 Å². The molecule has 1 aromatic heterocycles. The molecule has 0 spiro atoms. The van der Waals surface area contributed by atoms with Crippen molar-refractivity contribution in [2.75, 3.05) is 14.1 Å². The summed E-state index contributed by atoms with van der Waals surface area (Å²) in [6.45, 7) is 1.32. The van der Waals surface area contributed by atoms with Crippen LogP contribution in [-0.2, 0) is 20.1 Å². The van der Waals surface area contributed by atoms with Crippen LogP contribution in [0.2, 0.25) is 5.02 Å². The number of aromatic nitrogens is 2. The first-order chi connectivity index (χ1) is 10.1. The first-order valence-electron chi connectivity index (χ1n) is 6.73. The average Bonchev–Trinajstić information content (AvgIpc) is 2.88. The zero-order valence-corrected chi connectivity index (χ0v) is 13.3. The molecule has 0 aliphatic heterocycles. The highest BCUT2D eigenvalue weighted by Crippen LogP contribution is 2.16. The number of aryl methyl sites for hydroxylation is 1. The standard InChI is InChI=1S/C15H20ClN5/c1-17-15(19-10-14-18-8-9-20(14)2)21(3)11-12-6-4-5-7-13(12)16/h4-9H,10-11H2,1-3H3,(H,17,19). The molecule has 0 radical (unpaired) electrons. The van der Waals surface area contributed by atoms with Gasteiger partial charge in [-0.1, -0.05) is 29.8 Å². The van der Waals surface area contributed by atoms with Crippen molar-refractivity contribution in [2.45, 2.75) is 13.1 Å². The summed E-state index contributed by atoms with van der Waals surface area (Å²) >= 11 is 6.19. The van der Waals surface area contributed by atoms with Gasteiger partial charge in [-0.2, -0.15) is 0 Å². The maximum atomic E-state index is 6.19. The largest absolute Gasteiger partial charge is 0.349 e. The second-order valence-corrected chi connectivity index (χ2v) is 5.21. The third-order valence-corrected chi connectivity index (χ3v) is 3.63. The first kappa shape index (κ1) is 15.4. The van der Waals surface area contributed by atoms with E-state index in [0.717, 1.165) is 22.4 Å². The van der Waals surface area contributed by atoms with Crippen LogP contribution >= 0.6 is 11.6 Å². The van der Waals surface area contributed by atoms with Crippen LogP contribution in [0.15, 0.2) is 41.7 Å². The maximum absolute atomic E-state index is 6.19. The number of halogens is 1. The second-order valence-electron chi connectivity index (χ2n) is 4.80. The van der Waals surface area contributed by atoms with Crippen molar-refractivity contribution in [2.24, 2.45) is 12.0 Å². The van der Waals surface area contributed by atoms with E-state index in [1.54, 1.807) is 13.2 Å². The lowest BCUT2D eigenvalue weighted by atomic mass is 10.2. The molecular weight excluding hydrogens is 286 g/mol. The molecule has 0 aliphatic carbocycles. The van der Waals surface area contributed by atoms with Gasteiger partial charge in [0, 0.05) is 45.1 Å². The highest BCUT2D eigenvalue weighted by molar-refractivity contribution is 6.31. The molecule has 2 rings (SSSR count). The number of benzene rings is 1. The molecule has 5 nitrogen and oxygen atoms in total. The quantitative estimate of drug-likeness (QED) is 0.696. The zero-order valence-electron chi connectivity index (χ0n) is 12.5. The predicted octanol–water partition coefficient (Wildman–Crippen LogP) is 2.28. The summed E-state index contributed by atoms with van der Waals surface area (Å²) < 4.78 is 1.98. The lowest BCUT2D eigenvalue weighted by Crippen LogP contribution is -2.38. The summed E-state index contributed by atoms with van der Waals surface area (Å²) in [5, 5.41) is 4.07. The molecule has 1 heterocycles. The van der Waals surface area contributed by atoms with E-state index in [0.29, 0.717) is 13.1 Å². The second kappa shape index (κ2) is 7.13. The van der Waals surface area contributed by atoms with Crippen LogP contribution in [0.5, 0.6) is 0 Å². The van der Waals surface area contributed by atoms with Crippen LogP contribution in [0.3, 0.4) is 0 Å². The fourth-order valence-corrected chi connectivity index (χ4v) is 2.26. The van der Waals surface area contributed by atoms with Crippen LogP contribution in [0.25, 0.3) is 0 Å². The number of guanidine groups is 1. The molecular formula is C15H20ClN5. The van der Waals surface area contributed by atoms with E-state index in [2.05, 4.69) is 15.3 Å². The molecule has 1 aromatic carbocycles. The molecule has 0 aliphatic rings. The normalized spacial score (nSPS) is 11.5. The van der Waals surface area contributed by atoms with Gasteiger partial charge < -0.3 is 14.8 Å². The fourth-order valence-electron chi connectivity index (χ4n) is 2.07. The van der Waals surface area contributed by atoms with Gasteiger partial charge in [-0.3, -0.25) is 4.99 Å². The minimum absolute atomic E-state index is 0.628. The number of imidazole rings is 1. The Hall–Kier alpha value is -2.01. The number of nitrogens with one attached hydrogen (secondary N) is 1. The molecule has 112 valence electrons. The molecule has 0 unspecified atom stereocenters. The smallest absolute Gasteiger partial charge is 0.194 e. The van der Waals surface area contributed by atoms with Gasteiger partial charge in [0.1, 0.15) is 5.82 Å². The van der Waals surface area contributed by atoms with Crippen LogP contribution in [0.4, 0.5) is 0 Å². The summed E-state index contributed by atoms with van der Waals surface area (Å²) in [5.41, 5.74) is 1.07. The number of hydrogen-bond acceptors (Lipinski definition) is 2. The van der Waals surface area contributed by atoms with Gasteiger partial charge in [-0.25, -0.2) is 4.98 Å². The summed E-state index contributed by atoms with van der Waals surface area (Å²) in [5.74, 6) is 1.76. The van der Waals surface area contributed by atoms with Gasteiger partial charge in [-0.05, 0) is 11.6 Å². The zero-order chi connectivity index (χ0) is 15.2. The van der Waals surface area contributed by atoms with Gasteiger partial charge in [0.05, 0.1) is 6.54 Å². The van der Waals surface area contributed by atoms with E-state index < -0.39 is 0 Å². The van der Waals surface area contributed by atoms with Crippen LogP contribution in [0, 0.1) is 0 Å². The van der Waals surface area contributed by atoms with Crippen molar-refractivity contribution >= 4 is 17.6 Å². The molecule has 1 N–H and O–H groups in total. The van der Waals surface area contributed by atoms with Crippen molar-refractivity contribution in [3.63, 3.8) is 0 Å². The van der Waals surface area contributed by atoms with Gasteiger partial charge in [0.2, 0.25) is 0 Å². The molecule has 0 saturated carbocycles. The number of hydrogen-bond donors (Lipinski definition) is 1. The summed E-state index contributed by atoms with van der Waals surface area (Å²) in [7, 11) is 5.72. The van der Waals surface area contributed by atoms with E-state index in [1.165, 1.54) is 0 Å². The maximum Gasteiger partial charge on any atom is 0.194 e. The lowest BCUT2D eigenvalue weighted by molar-refractivity contribution is 0.474. The SMILES string of the molecule is CN=C(NCc1nccn1C)N(C)Cc1ccccc1Cl. The van der Waals surface area contributed by atoms with Crippen molar-refractivity contribution < 1.29 is 0 Å². The Kier molecular flexibility index (Phi) is 5.22. The molecule has 0 bridgehead atoms. The Morgan fingerprint density at radius 3 is 2.81 bits per heavy atom. The number of nitrogens with zero attached hydrogens (tertiary/aromatic N) is 4. The van der Waals surface area contributed by atoms with Gasteiger partial charge in [0.25, 0.3) is 0 Å². The van der Waals surface area contributed by atoms with Crippen LogP contribution in [-0.4, -0.2) is 34.5 Å². The Morgan fingerprint density at radius 1 is 1.43 bits per heavy atom. The summed E-state index contributed by atoms with van der Waals surface area (Å²) in [6.07, 6.45) is 3.71. The summed E-state index contributed by atoms with van der Waals surface area (Å²) in [4.78, 5) is 10.6. The Morgan fingerprint density at radius 2 is 2.19 bits per heavy atom. The monoisotopic (exact) mass is 305 g/mol. The van der Waals surface area contributed by atoms with Crippen LogP contribution in [0.1, 0.15) is 11.4 Å². The minimum atomic E-state index is 0.628. The molecule has 21 heavy (non-hydrogen) atoms. The molecule has 0 atom stereocenters. The van der Waals surface area contributed by atoms with E-state index in [9.17, 15) is 0 Å². The van der Waals surface area contributed by atoms with E-state index >= 15 is 0 Å². The molecule has 0 saturated heterocycles. The molecule has 6 heteroatoms. The third-order valence-electron chi connectivity index (χ3n) is 3.26. The third kappa shape index (κ3) is 3.98. The Labute approximate surface area is 130 Å². The van der Waals surface area contributed by atoms with Crippen molar-refractivity contribution in [1.29, 1.82) is 0 Å². The van der Waals surface area contributed by atoms with E-state index in [4.69, 9.17) is 11.6 Å².